The Morgan fingerprint density at radius 3 is 2.20 bits per heavy atom. The van der Waals surface area contributed by atoms with Gasteiger partial charge in [0.25, 0.3) is 11.8 Å². The maximum atomic E-state index is 12.1. The molecule has 0 fully saturated rings. The molecule has 2 aliphatic rings. The van der Waals surface area contributed by atoms with Crippen LogP contribution in [0.1, 0.15) is 20.3 Å². The molecule has 2 aliphatic heterocycles. The lowest BCUT2D eigenvalue weighted by atomic mass is 10.2. The number of carbonyl (C=O) groups excluding carboxylic acids is 2. The zero-order valence-corrected chi connectivity index (χ0v) is 11.5. The van der Waals surface area contributed by atoms with Gasteiger partial charge in [-0.05, 0) is 26.0 Å². The Morgan fingerprint density at radius 2 is 1.60 bits per heavy atom. The summed E-state index contributed by atoms with van der Waals surface area (Å²) in [6.45, 7) is 4.04. The maximum absolute atomic E-state index is 12.1. The fraction of sp³-hybridized carbons (Fsp3) is 0.267. The Labute approximate surface area is 117 Å². The van der Waals surface area contributed by atoms with Crippen LogP contribution in [0, 0.1) is 0 Å². The van der Waals surface area contributed by atoms with E-state index in [1.807, 2.05) is 35.3 Å². The molecule has 5 nitrogen and oxygen atoms in total. The number of hydrogen-bond acceptors (Lipinski definition) is 4. The van der Waals surface area contributed by atoms with Crippen molar-refractivity contribution in [2.24, 2.45) is 5.10 Å². The third-order valence-corrected chi connectivity index (χ3v) is 3.71. The number of imide groups is 1. The molecule has 5 heteroatoms. The van der Waals surface area contributed by atoms with E-state index in [9.17, 15) is 9.59 Å². The summed E-state index contributed by atoms with van der Waals surface area (Å²) in [4.78, 5) is 25.4. The molecule has 0 spiro atoms. The van der Waals surface area contributed by atoms with Crippen LogP contribution >= 0.6 is 0 Å². The Hall–Kier alpha value is -2.43. The quantitative estimate of drug-likeness (QED) is 0.732. The summed E-state index contributed by atoms with van der Waals surface area (Å²) < 4.78 is 0. The minimum absolute atomic E-state index is 0.249. The molecule has 1 aromatic rings. The first kappa shape index (κ1) is 12.6. The molecule has 0 saturated heterocycles. The number of hydrogen-bond donors (Lipinski definition) is 0. The van der Waals surface area contributed by atoms with Crippen LogP contribution in [0.5, 0.6) is 0 Å². The van der Waals surface area contributed by atoms with Crippen molar-refractivity contribution in [2.45, 2.75) is 20.3 Å². The van der Waals surface area contributed by atoms with Gasteiger partial charge in [0.15, 0.2) is 0 Å². The minimum Gasteiger partial charge on any atom is -0.269 e. The molecule has 0 aromatic heterocycles. The second-order valence-electron chi connectivity index (χ2n) is 4.92. The fourth-order valence-corrected chi connectivity index (χ4v) is 2.37. The largest absolute Gasteiger partial charge is 0.269 e. The molecular formula is C15H15N3O2. The zero-order valence-electron chi connectivity index (χ0n) is 11.5. The molecule has 102 valence electrons. The number of amides is 2. The van der Waals surface area contributed by atoms with Gasteiger partial charge in [-0.3, -0.25) is 14.6 Å². The van der Waals surface area contributed by atoms with Crippen molar-refractivity contribution in [2.75, 3.05) is 11.6 Å². The van der Waals surface area contributed by atoms with Crippen molar-refractivity contribution in [1.29, 1.82) is 0 Å². The molecule has 0 saturated carbocycles. The highest BCUT2D eigenvalue weighted by Gasteiger charge is 2.38. The summed E-state index contributed by atoms with van der Waals surface area (Å²) in [6.07, 6.45) is 0.590. The Balaban J connectivity index is 1.87. The highest BCUT2D eigenvalue weighted by atomic mass is 16.2. The highest BCUT2D eigenvalue weighted by molar-refractivity contribution is 6.28. The number of rotatable bonds is 1. The molecular weight excluding hydrogens is 254 g/mol. The number of carbonyl (C=O) groups is 2. The smallest absolute Gasteiger partial charge is 0.262 e. The van der Waals surface area contributed by atoms with E-state index in [4.69, 9.17) is 0 Å². The van der Waals surface area contributed by atoms with Crippen LogP contribution < -0.4 is 5.01 Å². The maximum Gasteiger partial charge on any atom is 0.262 e. The summed E-state index contributed by atoms with van der Waals surface area (Å²) >= 11 is 0. The number of para-hydroxylation sites is 1. The van der Waals surface area contributed by atoms with Gasteiger partial charge in [-0.25, -0.2) is 4.90 Å². The summed E-state index contributed by atoms with van der Waals surface area (Å²) in [5, 5.41) is 6.24. The van der Waals surface area contributed by atoms with Crippen LogP contribution in [0.15, 0.2) is 46.6 Å². The van der Waals surface area contributed by atoms with Crippen LogP contribution in [0.3, 0.4) is 0 Å². The van der Waals surface area contributed by atoms with Gasteiger partial charge in [0.1, 0.15) is 5.84 Å². The normalized spacial score (nSPS) is 19.2. The summed E-state index contributed by atoms with van der Waals surface area (Å²) in [5.41, 5.74) is 1.98. The monoisotopic (exact) mass is 269 g/mol. The summed E-state index contributed by atoms with van der Waals surface area (Å²) in [5.74, 6) is 0.0300. The van der Waals surface area contributed by atoms with Crippen molar-refractivity contribution in [3.05, 3.63) is 41.5 Å². The second kappa shape index (κ2) is 4.59. The van der Waals surface area contributed by atoms with E-state index in [-0.39, 0.29) is 11.8 Å². The molecule has 0 radical (unpaired) electrons. The van der Waals surface area contributed by atoms with Crippen molar-refractivity contribution < 1.29 is 9.59 Å². The number of nitrogens with zero attached hydrogens (tertiary/aromatic N) is 3. The van der Waals surface area contributed by atoms with Gasteiger partial charge in [-0.15, -0.1) is 0 Å². The van der Waals surface area contributed by atoms with Crippen molar-refractivity contribution in [1.82, 2.24) is 4.90 Å². The molecule has 0 bridgehead atoms. The Kier molecular flexibility index (Phi) is 2.89. The first-order chi connectivity index (χ1) is 9.59. The number of hydrazone groups is 1. The number of amidine groups is 1. The van der Waals surface area contributed by atoms with E-state index in [1.165, 1.54) is 4.90 Å². The van der Waals surface area contributed by atoms with Gasteiger partial charge >= 0.3 is 0 Å². The average molecular weight is 269 g/mol. The second-order valence-corrected chi connectivity index (χ2v) is 4.92. The van der Waals surface area contributed by atoms with E-state index in [2.05, 4.69) is 5.10 Å². The molecule has 1 aromatic carbocycles. The van der Waals surface area contributed by atoms with E-state index in [0.29, 0.717) is 29.9 Å². The zero-order chi connectivity index (χ0) is 14.3. The topological polar surface area (TPSA) is 53.0 Å². The molecule has 3 rings (SSSR count). The van der Waals surface area contributed by atoms with Crippen LogP contribution in [-0.2, 0) is 9.59 Å². The molecule has 2 amide bonds. The van der Waals surface area contributed by atoms with E-state index < -0.39 is 0 Å². The molecule has 2 heterocycles. The van der Waals surface area contributed by atoms with Crippen LogP contribution in [0.25, 0.3) is 0 Å². The van der Waals surface area contributed by atoms with Crippen molar-refractivity contribution in [3.63, 3.8) is 0 Å². The summed E-state index contributed by atoms with van der Waals surface area (Å²) in [7, 11) is 0. The number of anilines is 1. The first-order valence-corrected chi connectivity index (χ1v) is 6.56. The fourth-order valence-electron chi connectivity index (χ4n) is 2.37. The van der Waals surface area contributed by atoms with Gasteiger partial charge in [0.05, 0.1) is 5.69 Å². The van der Waals surface area contributed by atoms with Gasteiger partial charge in [0.2, 0.25) is 0 Å². The lowest BCUT2D eigenvalue weighted by Gasteiger charge is -2.14. The Morgan fingerprint density at radius 1 is 1.00 bits per heavy atom. The van der Waals surface area contributed by atoms with Crippen molar-refractivity contribution >= 4 is 23.3 Å². The first-order valence-electron chi connectivity index (χ1n) is 6.56. The highest BCUT2D eigenvalue weighted by Crippen LogP contribution is 2.25. The van der Waals surface area contributed by atoms with Crippen molar-refractivity contribution in [3.8, 4) is 0 Å². The van der Waals surface area contributed by atoms with Crippen LogP contribution in [-0.4, -0.2) is 29.1 Å². The van der Waals surface area contributed by atoms with E-state index in [1.54, 1.807) is 13.8 Å². The van der Waals surface area contributed by atoms with Crippen LogP contribution in [0.2, 0.25) is 0 Å². The minimum atomic E-state index is -0.249. The third-order valence-electron chi connectivity index (χ3n) is 3.71. The Bertz CT molecular complexity index is 622. The van der Waals surface area contributed by atoms with Gasteiger partial charge < -0.3 is 0 Å². The average Bonchev–Trinajstić information content (AvgIpc) is 3.02. The predicted octanol–water partition coefficient (Wildman–Crippen LogP) is 1.92. The molecule has 0 N–H and O–H groups in total. The van der Waals surface area contributed by atoms with E-state index >= 15 is 0 Å². The molecule has 20 heavy (non-hydrogen) atoms. The predicted molar refractivity (Wildman–Crippen MR) is 76.1 cm³/mol. The standard InChI is InChI=1S/C15H15N3O2/c1-10-11(2)15(20)18(14(10)19)13-8-9-17(16-13)12-6-4-3-5-7-12/h3-7H,8-9H2,1-2H3. The van der Waals surface area contributed by atoms with Crippen LogP contribution in [0.4, 0.5) is 5.69 Å². The molecule has 0 atom stereocenters. The summed E-state index contributed by atoms with van der Waals surface area (Å²) in [6, 6.07) is 9.72. The lowest BCUT2D eigenvalue weighted by Crippen LogP contribution is -2.36. The molecule has 0 unspecified atom stereocenters. The number of benzene rings is 1. The third kappa shape index (κ3) is 1.82. The van der Waals surface area contributed by atoms with Gasteiger partial charge in [-0.2, -0.15) is 5.10 Å². The molecule has 0 aliphatic carbocycles. The SMILES string of the molecule is CC1=C(C)C(=O)N(C2=NN(c3ccccc3)CC2)C1=O. The lowest BCUT2D eigenvalue weighted by molar-refractivity contribution is -0.132. The van der Waals surface area contributed by atoms with Gasteiger partial charge in [0, 0.05) is 24.1 Å². The van der Waals surface area contributed by atoms with E-state index in [0.717, 1.165) is 5.69 Å². The van der Waals surface area contributed by atoms with Gasteiger partial charge in [-0.1, -0.05) is 18.2 Å².